The van der Waals surface area contributed by atoms with E-state index in [2.05, 4.69) is 15.3 Å². The first-order valence-electron chi connectivity index (χ1n) is 7.27. The highest BCUT2D eigenvalue weighted by atomic mass is 16.5. The van der Waals surface area contributed by atoms with Gasteiger partial charge in [-0.05, 0) is 38.1 Å². The summed E-state index contributed by atoms with van der Waals surface area (Å²) in [6.45, 7) is 3.93. The molecule has 0 spiro atoms. The number of fused-ring (bicyclic) bond motifs is 1. The number of esters is 1. The second-order valence-electron chi connectivity index (χ2n) is 5.35. The minimum absolute atomic E-state index is 0.381. The molecule has 0 radical (unpaired) electrons. The van der Waals surface area contributed by atoms with Gasteiger partial charge in [0.2, 0.25) is 0 Å². The molecule has 1 aromatic carbocycles. The van der Waals surface area contributed by atoms with Gasteiger partial charge in [0.15, 0.2) is 5.65 Å². The third kappa shape index (κ3) is 2.99. The van der Waals surface area contributed by atoms with E-state index in [0.717, 1.165) is 16.8 Å². The molecule has 23 heavy (non-hydrogen) atoms. The number of ether oxygens (including phenoxy) is 1. The Bertz CT molecular complexity index is 873. The third-order valence-electron chi connectivity index (χ3n) is 3.60. The van der Waals surface area contributed by atoms with Crippen LogP contribution >= 0.6 is 0 Å². The summed E-state index contributed by atoms with van der Waals surface area (Å²) in [5.41, 5.74) is 4.54. The molecular formula is C18H17N3O2. The fraction of sp³-hybridized carbons (Fsp3) is 0.167. The van der Waals surface area contributed by atoms with E-state index in [1.165, 1.54) is 18.9 Å². The van der Waals surface area contributed by atoms with E-state index in [1.54, 1.807) is 0 Å². The Balaban J connectivity index is 2.17. The summed E-state index contributed by atoms with van der Waals surface area (Å²) >= 11 is 0. The number of carbonyl (C=O) groups is 1. The van der Waals surface area contributed by atoms with E-state index >= 15 is 0 Å². The molecule has 1 N–H and O–H groups in total. The van der Waals surface area contributed by atoms with Crippen LogP contribution < -0.4 is 5.32 Å². The van der Waals surface area contributed by atoms with Gasteiger partial charge in [-0.2, -0.15) is 0 Å². The lowest BCUT2D eigenvalue weighted by Gasteiger charge is -2.13. The molecule has 3 rings (SSSR count). The number of methoxy groups -OCH3 is 1. The van der Waals surface area contributed by atoms with Crippen molar-refractivity contribution >= 4 is 28.4 Å². The smallest absolute Gasteiger partial charge is 0.341 e. The minimum atomic E-state index is -0.436. The number of anilines is 2. The monoisotopic (exact) mass is 307 g/mol. The van der Waals surface area contributed by atoms with E-state index in [9.17, 15) is 4.79 Å². The normalized spacial score (nSPS) is 10.6. The minimum Gasteiger partial charge on any atom is -0.465 e. The van der Waals surface area contributed by atoms with Crippen LogP contribution in [0.5, 0.6) is 0 Å². The molecule has 5 heteroatoms. The number of hydrogen-bond acceptors (Lipinski definition) is 5. The van der Waals surface area contributed by atoms with Crippen molar-refractivity contribution in [3.05, 3.63) is 59.4 Å². The van der Waals surface area contributed by atoms with Crippen molar-refractivity contribution in [3.8, 4) is 0 Å². The summed E-state index contributed by atoms with van der Waals surface area (Å²) in [4.78, 5) is 20.8. The maximum atomic E-state index is 12.1. The van der Waals surface area contributed by atoms with Gasteiger partial charge in [0, 0.05) is 23.0 Å². The van der Waals surface area contributed by atoms with Crippen LogP contribution in [0, 0.1) is 13.8 Å². The number of aryl methyl sites for hydroxylation is 2. The molecule has 0 atom stereocenters. The van der Waals surface area contributed by atoms with Crippen LogP contribution in [0.25, 0.3) is 11.0 Å². The average Bonchev–Trinajstić information content (AvgIpc) is 2.56. The highest BCUT2D eigenvalue weighted by molar-refractivity contribution is 6.05. The predicted octanol–water partition coefficient (Wildman–Crippen LogP) is 3.78. The summed E-state index contributed by atoms with van der Waals surface area (Å²) in [6, 6.07) is 11.7. The molecule has 116 valence electrons. The van der Waals surface area contributed by atoms with Gasteiger partial charge in [0.05, 0.1) is 12.8 Å². The first-order chi connectivity index (χ1) is 11.1. The SMILES string of the molecule is COC(=O)c1cnc2nc(C)ccc2c1Nc1ccc(C)cc1. The lowest BCUT2D eigenvalue weighted by atomic mass is 10.1. The zero-order chi connectivity index (χ0) is 16.4. The standard InChI is InChI=1S/C18H17N3O2/c1-11-4-7-13(8-5-11)21-16-14-9-6-12(2)20-17(14)19-10-15(16)18(22)23-3/h4-10H,1-3H3,(H,19,20,21). The summed E-state index contributed by atoms with van der Waals surface area (Å²) < 4.78 is 4.87. The quantitative estimate of drug-likeness (QED) is 0.746. The Morgan fingerprint density at radius 2 is 1.83 bits per heavy atom. The molecule has 5 nitrogen and oxygen atoms in total. The highest BCUT2D eigenvalue weighted by Crippen LogP contribution is 2.29. The highest BCUT2D eigenvalue weighted by Gasteiger charge is 2.17. The van der Waals surface area contributed by atoms with Gasteiger partial charge in [-0.25, -0.2) is 14.8 Å². The Kier molecular flexibility index (Phi) is 3.93. The van der Waals surface area contributed by atoms with Crippen LogP contribution in [0.4, 0.5) is 11.4 Å². The second-order valence-corrected chi connectivity index (χ2v) is 5.35. The number of hydrogen-bond donors (Lipinski definition) is 1. The van der Waals surface area contributed by atoms with Crippen LogP contribution in [0.1, 0.15) is 21.6 Å². The molecule has 0 bridgehead atoms. The van der Waals surface area contributed by atoms with Gasteiger partial charge in [0.1, 0.15) is 5.56 Å². The van der Waals surface area contributed by atoms with Gasteiger partial charge in [-0.3, -0.25) is 0 Å². The van der Waals surface area contributed by atoms with Gasteiger partial charge in [-0.1, -0.05) is 17.7 Å². The van der Waals surface area contributed by atoms with Crippen molar-refractivity contribution in [2.45, 2.75) is 13.8 Å². The van der Waals surface area contributed by atoms with Crippen molar-refractivity contribution in [1.82, 2.24) is 9.97 Å². The number of carbonyl (C=O) groups excluding carboxylic acids is 1. The molecule has 0 aliphatic rings. The molecule has 2 heterocycles. The first kappa shape index (κ1) is 15.0. The molecule has 2 aromatic heterocycles. The predicted molar refractivity (Wildman–Crippen MR) is 90.1 cm³/mol. The largest absolute Gasteiger partial charge is 0.465 e. The number of rotatable bonds is 3. The van der Waals surface area contributed by atoms with E-state index in [-0.39, 0.29) is 0 Å². The van der Waals surface area contributed by atoms with Crippen molar-refractivity contribution in [2.24, 2.45) is 0 Å². The van der Waals surface area contributed by atoms with Crippen molar-refractivity contribution in [2.75, 3.05) is 12.4 Å². The molecule has 0 aliphatic heterocycles. The van der Waals surface area contributed by atoms with Crippen LogP contribution in [-0.2, 0) is 4.74 Å². The van der Waals surface area contributed by atoms with E-state index < -0.39 is 5.97 Å². The molecule has 0 unspecified atom stereocenters. The Morgan fingerprint density at radius 1 is 1.09 bits per heavy atom. The molecule has 0 saturated heterocycles. The van der Waals surface area contributed by atoms with Crippen LogP contribution in [0.15, 0.2) is 42.6 Å². The number of pyridine rings is 2. The lowest BCUT2D eigenvalue weighted by molar-refractivity contribution is 0.0601. The molecule has 0 fully saturated rings. The second kappa shape index (κ2) is 6.04. The van der Waals surface area contributed by atoms with Crippen LogP contribution in [-0.4, -0.2) is 23.0 Å². The summed E-state index contributed by atoms with van der Waals surface area (Å²) in [6.07, 6.45) is 1.50. The van der Waals surface area contributed by atoms with E-state index in [0.29, 0.717) is 16.9 Å². The van der Waals surface area contributed by atoms with E-state index in [1.807, 2.05) is 50.2 Å². The topological polar surface area (TPSA) is 64.1 Å². The van der Waals surface area contributed by atoms with Gasteiger partial charge < -0.3 is 10.1 Å². The zero-order valence-electron chi connectivity index (χ0n) is 13.3. The molecule has 0 aliphatic carbocycles. The summed E-state index contributed by atoms with van der Waals surface area (Å²) in [5, 5.41) is 4.07. The molecule has 3 aromatic rings. The number of aromatic nitrogens is 2. The van der Waals surface area contributed by atoms with Gasteiger partial charge in [0.25, 0.3) is 0 Å². The fourth-order valence-electron chi connectivity index (χ4n) is 2.35. The van der Waals surface area contributed by atoms with Crippen molar-refractivity contribution < 1.29 is 9.53 Å². The first-order valence-corrected chi connectivity index (χ1v) is 7.27. The number of nitrogens with one attached hydrogen (secondary N) is 1. The Hall–Kier alpha value is -2.95. The van der Waals surface area contributed by atoms with Crippen molar-refractivity contribution in [3.63, 3.8) is 0 Å². The van der Waals surface area contributed by atoms with Gasteiger partial charge in [-0.15, -0.1) is 0 Å². The number of benzene rings is 1. The zero-order valence-corrected chi connectivity index (χ0v) is 13.3. The van der Waals surface area contributed by atoms with Crippen LogP contribution in [0.3, 0.4) is 0 Å². The maximum Gasteiger partial charge on any atom is 0.341 e. The van der Waals surface area contributed by atoms with Crippen LogP contribution in [0.2, 0.25) is 0 Å². The number of nitrogens with zero attached hydrogens (tertiary/aromatic N) is 2. The van der Waals surface area contributed by atoms with Gasteiger partial charge >= 0.3 is 5.97 Å². The third-order valence-corrected chi connectivity index (χ3v) is 3.60. The summed E-state index contributed by atoms with van der Waals surface area (Å²) in [5.74, 6) is -0.436. The molecule has 0 amide bonds. The Labute approximate surface area is 134 Å². The average molecular weight is 307 g/mol. The van der Waals surface area contributed by atoms with Crippen molar-refractivity contribution in [1.29, 1.82) is 0 Å². The summed E-state index contributed by atoms with van der Waals surface area (Å²) in [7, 11) is 1.36. The molecular weight excluding hydrogens is 290 g/mol. The maximum absolute atomic E-state index is 12.1. The van der Waals surface area contributed by atoms with E-state index in [4.69, 9.17) is 4.74 Å². The fourth-order valence-corrected chi connectivity index (χ4v) is 2.35. The lowest BCUT2D eigenvalue weighted by Crippen LogP contribution is -2.08. The molecule has 0 saturated carbocycles. The Morgan fingerprint density at radius 3 is 2.52 bits per heavy atom.